The molecule has 1 heterocycles. The molecule has 0 radical (unpaired) electrons. The quantitative estimate of drug-likeness (QED) is 0.425. The molecule has 0 saturated heterocycles. The van der Waals surface area contributed by atoms with E-state index in [1.54, 1.807) is 37.3 Å². The number of alkyl halides is 3. The summed E-state index contributed by atoms with van der Waals surface area (Å²) in [5.74, 6) is 0.157. The average Bonchev–Trinajstić information content (AvgIpc) is 3.34. The van der Waals surface area contributed by atoms with Crippen LogP contribution >= 0.6 is 0 Å². The Morgan fingerprint density at radius 1 is 1.16 bits per heavy atom. The molecule has 1 aliphatic rings. The fourth-order valence-corrected chi connectivity index (χ4v) is 3.89. The number of aromatic nitrogens is 3. The summed E-state index contributed by atoms with van der Waals surface area (Å²) in [7, 11) is 0. The van der Waals surface area contributed by atoms with Crippen LogP contribution in [0.2, 0.25) is 0 Å². The second kappa shape index (κ2) is 10.6. The summed E-state index contributed by atoms with van der Waals surface area (Å²) < 4.78 is 47.8. The number of benzene rings is 2. The minimum Gasteiger partial charge on any atom is -0.442 e. The van der Waals surface area contributed by atoms with Crippen LogP contribution in [0.25, 0.3) is 17.1 Å². The lowest BCUT2D eigenvalue weighted by Gasteiger charge is -2.24. The van der Waals surface area contributed by atoms with E-state index < -0.39 is 18.6 Å². The molecule has 2 unspecified atom stereocenters. The Bertz CT molecular complexity index is 1370. The van der Waals surface area contributed by atoms with Crippen LogP contribution in [-0.4, -0.2) is 33.3 Å². The van der Waals surface area contributed by atoms with E-state index in [1.165, 1.54) is 35.3 Å². The molecule has 1 aliphatic carbocycles. The van der Waals surface area contributed by atoms with E-state index in [0.29, 0.717) is 34.8 Å². The maximum Gasteiger partial charge on any atom is 0.573 e. The first-order valence-electron chi connectivity index (χ1n) is 11.3. The Balaban J connectivity index is 1.36. The smallest absolute Gasteiger partial charge is 0.442 e. The Hall–Kier alpha value is -4.59. The number of halogens is 3. The van der Waals surface area contributed by atoms with Gasteiger partial charge in [0.2, 0.25) is 0 Å². The Morgan fingerprint density at radius 3 is 2.49 bits per heavy atom. The summed E-state index contributed by atoms with van der Waals surface area (Å²) >= 11 is 0. The lowest BCUT2D eigenvalue weighted by atomic mass is 9.86. The van der Waals surface area contributed by atoms with Gasteiger partial charge in [-0.25, -0.2) is 14.5 Å². The minimum atomic E-state index is -4.76. The number of allylic oxidation sites excluding steroid dienone is 3. The lowest BCUT2D eigenvalue weighted by Crippen LogP contribution is -2.25. The van der Waals surface area contributed by atoms with E-state index in [0.717, 1.165) is 5.57 Å². The van der Waals surface area contributed by atoms with E-state index >= 15 is 0 Å². The van der Waals surface area contributed by atoms with Crippen LogP contribution in [0.4, 0.5) is 23.7 Å². The van der Waals surface area contributed by atoms with Crippen molar-refractivity contribution >= 4 is 11.8 Å². The molecule has 0 saturated carbocycles. The third kappa shape index (κ3) is 6.55. The Labute approximate surface area is 210 Å². The predicted molar refractivity (Wildman–Crippen MR) is 129 cm³/mol. The standard InChI is InChI=1S/C26H22F3N5O3/c1-16-13-18(14-30)3-12-23(16)17(2)36-25(35)32-20-6-4-19(5-7-20)24-31-15-34(33-24)21-8-10-22(11-9-21)37-26(27,28)29/h3-12,15-17H,13H2,1-2H3,(H,32,35). The first kappa shape index (κ1) is 25.5. The number of anilines is 1. The van der Waals surface area contributed by atoms with E-state index in [2.05, 4.69) is 26.2 Å². The molecule has 37 heavy (non-hydrogen) atoms. The van der Waals surface area contributed by atoms with Gasteiger partial charge in [0, 0.05) is 16.8 Å². The van der Waals surface area contributed by atoms with Crippen molar-refractivity contribution in [1.82, 2.24) is 14.8 Å². The van der Waals surface area contributed by atoms with Gasteiger partial charge in [-0.05, 0) is 79.4 Å². The van der Waals surface area contributed by atoms with Crippen molar-refractivity contribution in [3.63, 3.8) is 0 Å². The molecular weight excluding hydrogens is 487 g/mol. The normalized spacial score (nSPS) is 16.2. The van der Waals surface area contributed by atoms with Gasteiger partial charge in [-0.2, -0.15) is 5.26 Å². The fourth-order valence-electron chi connectivity index (χ4n) is 3.89. The second-order valence-corrected chi connectivity index (χ2v) is 8.38. The van der Waals surface area contributed by atoms with Crippen molar-refractivity contribution in [3.05, 3.63) is 78.2 Å². The first-order valence-corrected chi connectivity index (χ1v) is 11.3. The molecule has 4 rings (SSSR count). The maximum absolute atomic E-state index is 12.4. The number of nitrogens with one attached hydrogen (secondary N) is 1. The lowest BCUT2D eigenvalue weighted by molar-refractivity contribution is -0.274. The third-order valence-electron chi connectivity index (χ3n) is 5.69. The zero-order valence-electron chi connectivity index (χ0n) is 19.9. The molecule has 2 atom stereocenters. The SMILES string of the molecule is CC1CC(C#N)=CC=C1C(C)OC(=O)Nc1ccc(-c2ncn(-c3ccc(OC(F)(F)F)cc3)n2)cc1. The summed E-state index contributed by atoms with van der Waals surface area (Å²) in [5.41, 5.74) is 3.32. The van der Waals surface area contributed by atoms with Gasteiger partial charge in [0.15, 0.2) is 5.82 Å². The summed E-state index contributed by atoms with van der Waals surface area (Å²) in [5, 5.41) is 16.1. The number of hydrogen-bond acceptors (Lipinski definition) is 6. The number of hydrogen-bond donors (Lipinski definition) is 1. The molecule has 3 aromatic rings. The topological polar surface area (TPSA) is 102 Å². The molecule has 0 aliphatic heterocycles. The summed E-state index contributed by atoms with van der Waals surface area (Å²) in [6.45, 7) is 3.77. The van der Waals surface area contributed by atoms with Crippen LogP contribution in [0.15, 0.2) is 78.2 Å². The van der Waals surface area contributed by atoms with Gasteiger partial charge in [-0.15, -0.1) is 18.3 Å². The van der Waals surface area contributed by atoms with Crippen molar-refractivity contribution in [2.24, 2.45) is 5.92 Å². The zero-order valence-corrected chi connectivity index (χ0v) is 19.9. The number of nitrogens with zero attached hydrogens (tertiary/aromatic N) is 4. The van der Waals surface area contributed by atoms with Gasteiger partial charge in [-0.1, -0.05) is 13.0 Å². The Kier molecular flexibility index (Phi) is 7.29. The van der Waals surface area contributed by atoms with Crippen LogP contribution in [0.1, 0.15) is 20.3 Å². The Morgan fingerprint density at radius 2 is 1.86 bits per heavy atom. The van der Waals surface area contributed by atoms with Gasteiger partial charge in [0.25, 0.3) is 0 Å². The number of ether oxygens (including phenoxy) is 2. The van der Waals surface area contributed by atoms with Crippen molar-refractivity contribution < 1.29 is 27.4 Å². The largest absolute Gasteiger partial charge is 0.573 e. The number of carbonyl (C=O) groups is 1. The highest BCUT2D eigenvalue weighted by Gasteiger charge is 2.31. The fraction of sp³-hybridized carbons (Fsp3) is 0.231. The molecule has 1 amide bonds. The van der Waals surface area contributed by atoms with Gasteiger partial charge >= 0.3 is 12.5 Å². The molecule has 11 heteroatoms. The molecule has 1 N–H and O–H groups in total. The van der Waals surface area contributed by atoms with Crippen molar-refractivity contribution in [2.45, 2.75) is 32.7 Å². The number of amides is 1. The number of carbonyl (C=O) groups excluding carboxylic acids is 1. The van der Waals surface area contributed by atoms with Gasteiger partial charge < -0.3 is 9.47 Å². The van der Waals surface area contributed by atoms with Crippen molar-refractivity contribution in [1.29, 1.82) is 5.26 Å². The monoisotopic (exact) mass is 509 g/mol. The highest BCUT2D eigenvalue weighted by molar-refractivity contribution is 5.85. The minimum absolute atomic E-state index is 0.0974. The van der Waals surface area contributed by atoms with Gasteiger partial charge in [0.1, 0.15) is 18.2 Å². The molecule has 190 valence electrons. The molecule has 8 nitrogen and oxygen atoms in total. The van der Waals surface area contributed by atoms with Crippen LogP contribution in [0, 0.1) is 17.2 Å². The average molecular weight is 509 g/mol. The molecule has 0 fully saturated rings. The second-order valence-electron chi connectivity index (χ2n) is 8.38. The molecule has 2 aromatic carbocycles. The summed E-state index contributed by atoms with van der Waals surface area (Å²) in [6, 6.07) is 14.2. The van der Waals surface area contributed by atoms with Crippen LogP contribution in [0.3, 0.4) is 0 Å². The highest BCUT2D eigenvalue weighted by atomic mass is 19.4. The third-order valence-corrected chi connectivity index (χ3v) is 5.69. The van der Waals surface area contributed by atoms with Crippen LogP contribution in [0.5, 0.6) is 5.75 Å². The van der Waals surface area contributed by atoms with Gasteiger partial charge in [0.05, 0.1) is 11.8 Å². The van der Waals surface area contributed by atoms with Crippen molar-refractivity contribution in [3.8, 4) is 28.9 Å². The van der Waals surface area contributed by atoms with Crippen LogP contribution in [-0.2, 0) is 4.74 Å². The maximum atomic E-state index is 12.4. The zero-order chi connectivity index (χ0) is 26.6. The molecule has 1 aromatic heterocycles. The van der Waals surface area contributed by atoms with E-state index in [-0.39, 0.29) is 11.7 Å². The summed E-state index contributed by atoms with van der Waals surface area (Å²) in [4.78, 5) is 16.6. The van der Waals surface area contributed by atoms with Crippen molar-refractivity contribution in [2.75, 3.05) is 5.32 Å². The van der Waals surface area contributed by atoms with E-state index in [9.17, 15) is 18.0 Å². The number of nitriles is 1. The van der Waals surface area contributed by atoms with E-state index in [1.807, 2.05) is 13.0 Å². The first-order chi connectivity index (χ1) is 17.6. The van der Waals surface area contributed by atoms with Crippen LogP contribution < -0.4 is 10.1 Å². The highest BCUT2D eigenvalue weighted by Crippen LogP contribution is 2.28. The molecule has 0 spiro atoms. The number of rotatable bonds is 6. The van der Waals surface area contributed by atoms with Gasteiger partial charge in [-0.3, -0.25) is 5.32 Å². The predicted octanol–water partition coefficient (Wildman–Crippen LogP) is 6.19. The van der Waals surface area contributed by atoms with E-state index in [4.69, 9.17) is 10.00 Å². The molecule has 0 bridgehead atoms. The molecular formula is C26H22F3N5O3. The summed E-state index contributed by atoms with van der Waals surface area (Å²) in [6.07, 6.45) is -0.188.